The van der Waals surface area contributed by atoms with Crippen molar-refractivity contribution in [3.8, 4) is 11.3 Å². The minimum absolute atomic E-state index is 0.310. The monoisotopic (exact) mass is 266 g/mol. The van der Waals surface area contributed by atoms with Gasteiger partial charge in [-0.25, -0.2) is 4.79 Å². The van der Waals surface area contributed by atoms with Gasteiger partial charge in [-0.05, 0) is 37.3 Å². The Bertz CT molecular complexity index is 748. The number of fused-ring (bicyclic) bond motifs is 1. The van der Waals surface area contributed by atoms with Gasteiger partial charge < -0.3 is 9.14 Å². The van der Waals surface area contributed by atoms with Crippen LogP contribution in [0.15, 0.2) is 55.0 Å². The van der Waals surface area contributed by atoms with Crippen molar-refractivity contribution in [2.24, 2.45) is 0 Å². The molecular weight excluding hydrogens is 252 g/mol. The average molecular weight is 266 g/mol. The molecule has 3 rings (SSSR count). The summed E-state index contributed by atoms with van der Waals surface area (Å²) in [6.45, 7) is 2.16. The quantitative estimate of drug-likeness (QED) is 0.684. The van der Waals surface area contributed by atoms with E-state index in [0.29, 0.717) is 12.2 Å². The number of ether oxygens (including phenoxy) is 1. The first kappa shape index (κ1) is 12.4. The molecule has 0 fully saturated rings. The lowest BCUT2D eigenvalue weighted by Gasteiger charge is -2.06. The van der Waals surface area contributed by atoms with Gasteiger partial charge in [-0.1, -0.05) is 6.07 Å². The van der Waals surface area contributed by atoms with Crippen LogP contribution in [-0.4, -0.2) is 22.0 Å². The lowest BCUT2D eigenvalue weighted by molar-refractivity contribution is 0.0527. The van der Waals surface area contributed by atoms with Crippen molar-refractivity contribution >= 4 is 11.5 Å². The summed E-state index contributed by atoms with van der Waals surface area (Å²) >= 11 is 0. The van der Waals surface area contributed by atoms with Gasteiger partial charge in [0.2, 0.25) is 0 Å². The van der Waals surface area contributed by atoms with Crippen LogP contribution in [0.5, 0.6) is 0 Å². The predicted octanol–water partition coefficient (Wildman–Crippen LogP) is 3.18. The maximum Gasteiger partial charge on any atom is 0.340 e. The van der Waals surface area contributed by atoms with Crippen molar-refractivity contribution < 1.29 is 9.53 Å². The second-order valence-electron chi connectivity index (χ2n) is 4.36. The van der Waals surface area contributed by atoms with Gasteiger partial charge in [0.15, 0.2) is 0 Å². The van der Waals surface area contributed by atoms with Crippen molar-refractivity contribution in [1.82, 2.24) is 9.38 Å². The zero-order valence-electron chi connectivity index (χ0n) is 11.1. The van der Waals surface area contributed by atoms with Crippen molar-refractivity contribution in [3.63, 3.8) is 0 Å². The molecule has 0 atom stereocenters. The fourth-order valence-electron chi connectivity index (χ4n) is 2.29. The van der Waals surface area contributed by atoms with Crippen molar-refractivity contribution in [2.45, 2.75) is 6.92 Å². The molecule has 0 aliphatic carbocycles. The highest BCUT2D eigenvalue weighted by Gasteiger charge is 2.19. The lowest BCUT2D eigenvalue weighted by atomic mass is 10.1. The topological polar surface area (TPSA) is 43.6 Å². The summed E-state index contributed by atoms with van der Waals surface area (Å²) in [5, 5.41) is 0. The van der Waals surface area contributed by atoms with E-state index in [0.717, 1.165) is 16.8 Å². The highest BCUT2D eigenvalue weighted by atomic mass is 16.5. The number of carbonyl (C=O) groups excluding carboxylic acids is 1. The zero-order valence-corrected chi connectivity index (χ0v) is 11.1. The average Bonchev–Trinajstić information content (AvgIpc) is 2.88. The van der Waals surface area contributed by atoms with Gasteiger partial charge in [-0.3, -0.25) is 4.98 Å². The van der Waals surface area contributed by atoms with Crippen LogP contribution < -0.4 is 0 Å². The van der Waals surface area contributed by atoms with Gasteiger partial charge in [-0.2, -0.15) is 0 Å². The first-order valence-corrected chi connectivity index (χ1v) is 6.49. The third-order valence-corrected chi connectivity index (χ3v) is 3.11. The third-order valence-electron chi connectivity index (χ3n) is 3.11. The van der Waals surface area contributed by atoms with Gasteiger partial charge in [0.25, 0.3) is 0 Å². The maximum absolute atomic E-state index is 12.2. The summed E-state index contributed by atoms with van der Waals surface area (Å²) in [5.74, 6) is -0.310. The van der Waals surface area contributed by atoms with Crippen LogP contribution in [0.2, 0.25) is 0 Å². The van der Waals surface area contributed by atoms with Crippen LogP contribution in [0.25, 0.3) is 16.8 Å². The first-order chi connectivity index (χ1) is 9.81. The van der Waals surface area contributed by atoms with Crippen LogP contribution >= 0.6 is 0 Å². The van der Waals surface area contributed by atoms with Gasteiger partial charge in [0.1, 0.15) is 0 Å². The smallest absolute Gasteiger partial charge is 0.340 e. The molecular formula is C16H14N2O2. The van der Waals surface area contributed by atoms with Crippen LogP contribution in [-0.2, 0) is 4.74 Å². The maximum atomic E-state index is 12.2. The Morgan fingerprint density at radius 3 is 2.95 bits per heavy atom. The first-order valence-electron chi connectivity index (χ1n) is 6.49. The van der Waals surface area contributed by atoms with Crippen molar-refractivity contribution in [2.75, 3.05) is 6.61 Å². The van der Waals surface area contributed by atoms with E-state index in [1.807, 2.05) is 47.0 Å². The number of carbonyl (C=O) groups is 1. The predicted molar refractivity (Wildman–Crippen MR) is 76.6 cm³/mol. The Kier molecular flexibility index (Phi) is 3.21. The molecule has 0 aliphatic heterocycles. The molecule has 0 unspecified atom stereocenters. The minimum atomic E-state index is -0.310. The summed E-state index contributed by atoms with van der Waals surface area (Å²) in [4.78, 5) is 16.3. The molecule has 3 aromatic heterocycles. The molecule has 3 aromatic rings. The SMILES string of the molecule is CCOC(=O)c1cc2ccccn2c1-c1cccnc1. The van der Waals surface area contributed by atoms with Gasteiger partial charge in [0, 0.05) is 29.7 Å². The summed E-state index contributed by atoms with van der Waals surface area (Å²) in [7, 11) is 0. The van der Waals surface area contributed by atoms with Gasteiger partial charge >= 0.3 is 5.97 Å². The molecule has 20 heavy (non-hydrogen) atoms. The zero-order chi connectivity index (χ0) is 13.9. The van der Waals surface area contributed by atoms with E-state index in [4.69, 9.17) is 4.74 Å². The Labute approximate surface area is 116 Å². The molecule has 0 bridgehead atoms. The fraction of sp³-hybridized carbons (Fsp3) is 0.125. The van der Waals surface area contributed by atoms with Crippen LogP contribution in [0.4, 0.5) is 0 Å². The Balaban J connectivity index is 2.26. The number of nitrogens with zero attached hydrogens (tertiary/aromatic N) is 2. The third kappa shape index (κ3) is 2.05. The molecule has 4 heteroatoms. The number of rotatable bonds is 3. The molecule has 0 aliphatic rings. The Morgan fingerprint density at radius 1 is 1.30 bits per heavy atom. The summed E-state index contributed by atoms with van der Waals surface area (Å²) in [5.41, 5.74) is 3.22. The number of pyridine rings is 2. The van der Waals surface area contributed by atoms with Crippen molar-refractivity contribution in [3.05, 3.63) is 60.6 Å². The van der Waals surface area contributed by atoms with Crippen LogP contribution in [0.3, 0.4) is 0 Å². The highest BCUT2D eigenvalue weighted by Crippen LogP contribution is 2.27. The molecule has 0 amide bonds. The fourth-order valence-corrected chi connectivity index (χ4v) is 2.29. The molecule has 4 nitrogen and oxygen atoms in total. The molecule has 0 radical (unpaired) electrons. The molecule has 0 spiro atoms. The van der Waals surface area contributed by atoms with E-state index in [9.17, 15) is 4.79 Å². The molecule has 0 N–H and O–H groups in total. The summed E-state index contributed by atoms with van der Waals surface area (Å²) < 4.78 is 7.12. The van der Waals surface area contributed by atoms with E-state index in [1.165, 1.54) is 0 Å². The van der Waals surface area contributed by atoms with E-state index in [1.54, 1.807) is 19.3 Å². The molecule has 3 heterocycles. The Hall–Kier alpha value is -2.62. The second-order valence-corrected chi connectivity index (χ2v) is 4.36. The summed E-state index contributed by atoms with van der Waals surface area (Å²) in [6.07, 6.45) is 5.39. The number of esters is 1. The van der Waals surface area contributed by atoms with E-state index in [-0.39, 0.29) is 5.97 Å². The lowest BCUT2D eigenvalue weighted by Crippen LogP contribution is -2.05. The number of hydrogen-bond acceptors (Lipinski definition) is 3. The highest BCUT2D eigenvalue weighted by molar-refractivity contribution is 5.98. The molecule has 0 saturated carbocycles. The van der Waals surface area contributed by atoms with E-state index >= 15 is 0 Å². The van der Waals surface area contributed by atoms with E-state index in [2.05, 4.69) is 4.98 Å². The minimum Gasteiger partial charge on any atom is -0.462 e. The standard InChI is InChI=1S/C16H14N2O2/c1-2-20-16(19)14-10-13-7-3-4-9-18(13)15(14)12-6-5-8-17-11-12/h3-11H,2H2,1H3. The molecule has 0 saturated heterocycles. The molecule has 100 valence electrons. The largest absolute Gasteiger partial charge is 0.462 e. The number of hydrogen-bond donors (Lipinski definition) is 0. The number of aromatic nitrogens is 2. The van der Waals surface area contributed by atoms with Crippen LogP contribution in [0, 0.1) is 0 Å². The van der Waals surface area contributed by atoms with Crippen molar-refractivity contribution in [1.29, 1.82) is 0 Å². The van der Waals surface area contributed by atoms with E-state index < -0.39 is 0 Å². The van der Waals surface area contributed by atoms with Gasteiger partial charge in [0.05, 0.1) is 17.9 Å². The Morgan fingerprint density at radius 2 is 2.20 bits per heavy atom. The summed E-state index contributed by atoms with van der Waals surface area (Å²) in [6, 6.07) is 11.5. The van der Waals surface area contributed by atoms with Crippen LogP contribution in [0.1, 0.15) is 17.3 Å². The normalized spacial score (nSPS) is 10.7. The second kappa shape index (κ2) is 5.17. The van der Waals surface area contributed by atoms with Gasteiger partial charge in [-0.15, -0.1) is 0 Å². The molecule has 0 aromatic carbocycles.